The van der Waals surface area contributed by atoms with Crippen molar-refractivity contribution in [2.75, 3.05) is 11.9 Å². The molecule has 0 aliphatic heterocycles. The smallest absolute Gasteiger partial charge is 0.313 e. The van der Waals surface area contributed by atoms with Crippen LogP contribution in [-0.4, -0.2) is 28.5 Å². The van der Waals surface area contributed by atoms with Gasteiger partial charge in [-0.15, -0.1) is 0 Å². The number of hydrogen-bond donors (Lipinski definition) is 1. The first-order valence-electron chi connectivity index (χ1n) is 6.53. The van der Waals surface area contributed by atoms with Crippen LogP contribution in [0.25, 0.3) is 0 Å². The number of aromatic nitrogens is 2. The van der Waals surface area contributed by atoms with Crippen molar-refractivity contribution in [3.05, 3.63) is 54.0 Å². The molecular formula is C15H15N3O3. The van der Waals surface area contributed by atoms with Gasteiger partial charge in [-0.3, -0.25) is 9.59 Å². The maximum atomic E-state index is 12.0. The Morgan fingerprint density at radius 2 is 1.95 bits per heavy atom. The molecule has 1 amide bonds. The van der Waals surface area contributed by atoms with E-state index in [0.717, 1.165) is 0 Å². The Morgan fingerprint density at radius 1 is 1.19 bits per heavy atom. The lowest BCUT2D eigenvalue weighted by atomic mass is 10.2. The van der Waals surface area contributed by atoms with Crippen molar-refractivity contribution in [2.24, 2.45) is 0 Å². The standard InChI is InChI=1S/C15H15N3O3/c1-2-21-14(19)10-13-16-9-8-12(17-13)18-15(20)11-6-4-3-5-7-11/h3-9H,2,10H2,1H3,(H,16,17,18,20). The first-order valence-corrected chi connectivity index (χ1v) is 6.53. The maximum Gasteiger partial charge on any atom is 0.313 e. The zero-order valence-corrected chi connectivity index (χ0v) is 11.6. The van der Waals surface area contributed by atoms with Crippen LogP contribution in [0, 0.1) is 0 Å². The number of nitrogens with one attached hydrogen (secondary N) is 1. The average molecular weight is 285 g/mol. The molecule has 108 valence electrons. The van der Waals surface area contributed by atoms with Gasteiger partial charge in [-0.05, 0) is 25.1 Å². The lowest BCUT2D eigenvalue weighted by molar-refractivity contribution is -0.142. The van der Waals surface area contributed by atoms with E-state index in [1.54, 1.807) is 37.3 Å². The van der Waals surface area contributed by atoms with Crippen LogP contribution in [0.3, 0.4) is 0 Å². The summed E-state index contributed by atoms with van der Waals surface area (Å²) in [5, 5.41) is 2.66. The Balaban J connectivity index is 2.04. The number of anilines is 1. The van der Waals surface area contributed by atoms with E-state index in [-0.39, 0.29) is 12.3 Å². The van der Waals surface area contributed by atoms with Crippen LogP contribution >= 0.6 is 0 Å². The van der Waals surface area contributed by atoms with E-state index < -0.39 is 5.97 Å². The molecule has 0 saturated heterocycles. The highest BCUT2D eigenvalue weighted by Crippen LogP contribution is 2.07. The van der Waals surface area contributed by atoms with Crippen molar-refractivity contribution in [2.45, 2.75) is 13.3 Å². The Hall–Kier alpha value is -2.76. The number of hydrogen-bond acceptors (Lipinski definition) is 5. The Labute approximate surface area is 122 Å². The van der Waals surface area contributed by atoms with E-state index in [1.807, 2.05) is 6.07 Å². The van der Waals surface area contributed by atoms with Gasteiger partial charge in [0.15, 0.2) is 0 Å². The number of carbonyl (C=O) groups excluding carboxylic acids is 2. The van der Waals surface area contributed by atoms with Gasteiger partial charge in [0.2, 0.25) is 0 Å². The fraction of sp³-hybridized carbons (Fsp3) is 0.200. The van der Waals surface area contributed by atoms with E-state index in [1.165, 1.54) is 6.20 Å². The van der Waals surface area contributed by atoms with Crippen molar-refractivity contribution in [3.8, 4) is 0 Å². The largest absolute Gasteiger partial charge is 0.466 e. The van der Waals surface area contributed by atoms with Crippen molar-refractivity contribution in [1.82, 2.24) is 9.97 Å². The first kappa shape index (κ1) is 14.6. The molecule has 0 radical (unpaired) electrons. The molecular weight excluding hydrogens is 270 g/mol. The molecule has 21 heavy (non-hydrogen) atoms. The third kappa shape index (κ3) is 4.38. The molecule has 6 heteroatoms. The molecule has 0 spiro atoms. The first-order chi connectivity index (χ1) is 10.2. The third-order valence-corrected chi connectivity index (χ3v) is 2.59. The summed E-state index contributed by atoms with van der Waals surface area (Å²) in [4.78, 5) is 31.5. The minimum absolute atomic E-state index is 0.0249. The van der Waals surface area contributed by atoms with E-state index >= 15 is 0 Å². The molecule has 0 bridgehead atoms. The van der Waals surface area contributed by atoms with Crippen LogP contribution in [0.2, 0.25) is 0 Å². The molecule has 1 N–H and O–H groups in total. The van der Waals surface area contributed by atoms with Gasteiger partial charge in [0.05, 0.1) is 6.61 Å². The second-order valence-corrected chi connectivity index (χ2v) is 4.16. The maximum absolute atomic E-state index is 12.0. The van der Waals surface area contributed by atoms with Gasteiger partial charge in [0, 0.05) is 11.8 Å². The summed E-state index contributed by atoms with van der Waals surface area (Å²) in [6.45, 7) is 2.04. The number of esters is 1. The molecule has 1 heterocycles. The van der Waals surface area contributed by atoms with Gasteiger partial charge in [0.25, 0.3) is 5.91 Å². The van der Waals surface area contributed by atoms with Crippen LogP contribution < -0.4 is 5.32 Å². The lowest BCUT2D eigenvalue weighted by Crippen LogP contribution is -2.15. The summed E-state index contributed by atoms with van der Waals surface area (Å²) >= 11 is 0. The highest BCUT2D eigenvalue weighted by Gasteiger charge is 2.10. The number of carbonyl (C=O) groups is 2. The zero-order chi connectivity index (χ0) is 15.1. The highest BCUT2D eigenvalue weighted by atomic mass is 16.5. The molecule has 1 aromatic carbocycles. The number of amides is 1. The normalized spacial score (nSPS) is 9.95. The monoisotopic (exact) mass is 285 g/mol. The van der Waals surface area contributed by atoms with Gasteiger partial charge < -0.3 is 10.1 Å². The zero-order valence-electron chi connectivity index (χ0n) is 11.6. The number of rotatable bonds is 5. The topological polar surface area (TPSA) is 81.2 Å². The summed E-state index contributed by atoms with van der Waals surface area (Å²) in [5.41, 5.74) is 0.531. The number of ether oxygens (including phenoxy) is 1. The fourth-order valence-electron chi connectivity index (χ4n) is 1.67. The van der Waals surface area contributed by atoms with Crippen molar-refractivity contribution >= 4 is 17.7 Å². The van der Waals surface area contributed by atoms with Gasteiger partial charge in [-0.25, -0.2) is 9.97 Å². The predicted octanol–water partition coefficient (Wildman–Crippen LogP) is 1.83. The molecule has 0 aliphatic rings. The van der Waals surface area contributed by atoms with E-state index in [9.17, 15) is 9.59 Å². The van der Waals surface area contributed by atoms with Crippen LogP contribution in [-0.2, 0) is 16.0 Å². The average Bonchev–Trinajstić information content (AvgIpc) is 2.48. The third-order valence-electron chi connectivity index (χ3n) is 2.59. The highest BCUT2D eigenvalue weighted by molar-refractivity contribution is 6.03. The van der Waals surface area contributed by atoms with Gasteiger partial charge in [-0.1, -0.05) is 18.2 Å². The van der Waals surface area contributed by atoms with E-state index in [2.05, 4.69) is 15.3 Å². The second kappa shape index (κ2) is 7.14. The molecule has 2 aromatic rings. The summed E-state index contributed by atoms with van der Waals surface area (Å²) in [6, 6.07) is 10.4. The van der Waals surface area contributed by atoms with Crippen molar-refractivity contribution < 1.29 is 14.3 Å². The summed E-state index contributed by atoms with van der Waals surface area (Å²) in [7, 11) is 0. The molecule has 1 aromatic heterocycles. The van der Waals surface area contributed by atoms with Gasteiger partial charge >= 0.3 is 5.97 Å². The fourth-order valence-corrected chi connectivity index (χ4v) is 1.67. The molecule has 2 rings (SSSR count). The molecule has 0 saturated carbocycles. The van der Waals surface area contributed by atoms with Crippen LogP contribution in [0.4, 0.5) is 5.82 Å². The Kier molecular flexibility index (Phi) is 4.98. The van der Waals surface area contributed by atoms with Crippen molar-refractivity contribution in [3.63, 3.8) is 0 Å². The Bertz CT molecular complexity index is 629. The molecule has 0 atom stereocenters. The van der Waals surface area contributed by atoms with Crippen LogP contribution in [0.15, 0.2) is 42.6 Å². The molecule has 0 aliphatic carbocycles. The summed E-state index contributed by atoms with van der Waals surface area (Å²) < 4.78 is 4.83. The minimum Gasteiger partial charge on any atom is -0.466 e. The molecule has 6 nitrogen and oxygen atoms in total. The van der Waals surface area contributed by atoms with Gasteiger partial charge in [-0.2, -0.15) is 0 Å². The lowest BCUT2D eigenvalue weighted by Gasteiger charge is -2.06. The predicted molar refractivity (Wildman–Crippen MR) is 76.8 cm³/mol. The van der Waals surface area contributed by atoms with E-state index in [4.69, 9.17) is 4.74 Å². The quantitative estimate of drug-likeness (QED) is 0.848. The second-order valence-electron chi connectivity index (χ2n) is 4.16. The van der Waals surface area contributed by atoms with E-state index in [0.29, 0.717) is 23.8 Å². The summed E-state index contributed by atoms with van der Waals surface area (Å²) in [5.74, 6) is -0.0158. The Morgan fingerprint density at radius 3 is 2.67 bits per heavy atom. The minimum atomic E-state index is -0.399. The number of benzene rings is 1. The SMILES string of the molecule is CCOC(=O)Cc1nccc(NC(=O)c2ccccc2)n1. The number of nitrogens with zero attached hydrogens (tertiary/aromatic N) is 2. The molecule has 0 fully saturated rings. The van der Waals surface area contributed by atoms with Crippen LogP contribution in [0.1, 0.15) is 23.1 Å². The van der Waals surface area contributed by atoms with Crippen molar-refractivity contribution in [1.29, 1.82) is 0 Å². The summed E-state index contributed by atoms with van der Waals surface area (Å²) in [6.07, 6.45) is 1.46. The van der Waals surface area contributed by atoms with Crippen LogP contribution in [0.5, 0.6) is 0 Å². The molecule has 0 unspecified atom stereocenters. The van der Waals surface area contributed by atoms with Gasteiger partial charge in [0.1, 0.15) is 18.1 Å².